The van der Waals surface area contributed by atoms with Crippen molar-refractivity contribution in [2.45, 2.75) is 59.9 Å². The van der Waals surface area contributed by atoms with Gasteiger partial charge in [0.05, 0.1) is 6.04 Å². The molecule has 2 atom stereocenters. The lowest BCUT2D eigenvalue weighted by atomic mass is 9.84. The van der Waals surface area contributed by atoms with Crippen LogP contribution in [0, 0.1) is 17.8 Å². The van der Waals surface area contributed by atoms with Crippen LogP contribution in [0.1, 0.15) is 53.9 Å². The van der Waals surface area contributed by atoms with Crippen molar-refractivity contribution >= 4 is 11.9 Å². The van der Waals surface area contributed by atoms with Gasteiger partial charge in [0.1, 0.15) is 0 Å². The molecule has 2 aliphatic heterocycles. The van der Waals surface area contributed by atoms with Gasteiger partial charge in [0, 0.05) is 24.4 Å². The summed E-state index contributed by atoms with van der Waals surface area (Å²) >= 11 is 0. The Bertz CT molecular complexity index is 478. The van der Waals surface area contributed by atoms with Crippen molar-refractivity contribution in [1.82, 2.24) is 0 Å². The second-order valence-corrected chi connectivity index (χ2v) is 6.99. The number of rotatable bonds is 6. The maximum Gasteiger partial charge on any atom is 0.0712 e. The molecule has 0 amide bonds. The van der Waals surface area contributed by atoms with Crippen LogP contribution in [0.5, 0.6) is 0 Å². The fourth-order valence-corrected chi connectivity index (χ4v) is 2.97. The summed E-state index contributed by atoms with van der Waals surface area (Å²) in [7, 11) is 0. The molecule has 0 aromatic heterocycles. The molecule has 0 aromatic carbocycles. The zero-order valence-corrected chi connectivity index (χ0v) is 14.3. The van der Waals surface area contributed by atoms with Gasteiger partial charge < -0.3 is 0 Å². The van der Waals surface area contributed by atoms with E-state index in [1.54, 1.807) is 0 Å². The minimum absolute atomic E-state index is 0.356. The van der Waals surface area contributed by atoms with E-state index in [9.17, 15) is 0 Å². The minimum atomic E-state index is 0.356. The predicted octanol–water partition coefficient (Wildman–Crippen LogP) is 4.87. The molecule has 0 fully saturated rings. The average Bonchev–Trinajstić information content (AvgIpc) is 2.94. The van der Waals surface area contributed by atoms with Crippen molar-refractivity contribution in [2.75, 3.05) is 6.54 Å². The van der Waals surface area contributed by atoms with Crippen molar-refractivity contribution in [1.29, 1.82) is 0 Å². The Hall–Kier alpha value is -1.18. The highest BCUT2D eigenvalue weighted by atomic mass is 14.8. The van der Waals surface area contributed by atoms with Crippen molar-refractivity contribution < 1.29 is 0 Å². The van der Waals surface area contributed by atoms with E-state index in [4.69, 9.17) is 4.99 Å². The van der Waals surface area contributed by atoms with Gasteiger partial charge in [-0.3, -0.25) is 9.98 Å². The zero-order valence-electron chi connectivity index (χ0n) is 14.3. The van der Waals surface area contributed by atoms with Gasteiger partial charge >= 0.3 is 0 Å². The normalized spacial score (nSPS) is 25.4. The Kier molecular flexibility index (Phi) is 5.55. The van der Waals surface area contributed by atoms with Crippen LogP contribution in [-0.4, -0.2) is 24.5 Å². The van der Waals surface area contributed by atoms with E-state index in [-0.39, 0.29) is 0 Å². The molecule has 2 unspecified atom stereocenters. The number of dihydropyridines is 1. The van der Waals surface area contributed by atoms with Gasteiger partial charge in [-0.25, -0.2) is 0 Å². The topological polar surface area (TPSA) is 24.7 Å². The maximum atomic E-state index is 4.81. The fourth-order valence-electron chi connectivity index (χ4n) is 2.97. The zero-order chi connectivity index (χ0) is 15.4. The van der Waals surface area contributed by atoms with Gasteiger partial charge in [-0.15, -0.1) is 0 Å². The highest BCUT2D eigenvalue weighted by Gasteiger charge is 2.25. The molecule has 2 rings (SSSR count). The number of nitrogens with zero attached hydrogens (tertiary/aromatic N) is 2. The third kappa shape index (κ3) is 3.93. The summed E-state index contributed by atoms with van der Waals surface area (Å²) in [5.41, 5.74) is 4.08. The molecule has 2 heterocycles. The molecule has 116 valence electrons. The molecule has 0 radical (unpaired) electrons. The van der Waals surface area contributed by atoms with Crippen LogP contribution >= 0.6 is 0 Å². The van der Waals surface area contributed by atoms with Crippen LogP contribution in [-0.2, 0) is 0 Å². The minimum Gasteiger partial charge on any atom is -0.289 e. The summed E-state index contributed by atoms with van der Waals surface area (Å²) in [6.07, 6.45) is 10.6. The summed E-state index contributed by atoms with van der Waals surface area (Å²) < 4.78 is 0. The quantitative estimate of drug-likeness (QED) is 0.666. The van der Waals surface area contributed by atoms with Crippen LogP contribution in [0.15, 0.2) is 33.3 Å². The van der Waals surface area contributed by atoms with E-state index in [0.717, 1.165) is 6.54 Å². The lowest BCUT2D eigenvalue weighted by Gasteiger charge is -2.25. The number of allylic oxidation sites excluding steroid dienone is 2. The van der Waals surface area contributed by atoms with Crippen molar-refractivity contribution in [3.8, 4) is 0 Å². The summed E-state index contributed by atoms with van der Waals surface area (Å²) in [4.78, 5) is 9.49. The Morgan fingerprint density at radius 3 is 2.57 bits per heavy atom. The fraction of sp³-hybridized carbons (Fsp3) is 0.684. The standard InChI is InChI=1S/C19H30N2/c1-6-7-8-15-11-20-19(14(4)5)10-17(15)16-9-18(13(2)3)21-12-16/h9-10,12-15,18H,6-8,11H2,1-5H3. The smallest absolute Gasteiger partial charge is 0.0712 e. The first-order valence-electron chi connectivity index (χ1n) is 8.54. The molecular weight excluding hydrogens is 256 g/mol. The Balaban J connectivity index is 2.23. The largest absolute Gasteiger partial charge is 0.289 e. The van der Waals surface area contributed by atoms with Gasteiger partial charge in [0.2, 0.25) is 0 Å². The van der Waals surface area contributed by atoms with E-state index < -0.39 is 0 Å². The van der Waals surface area contributed by atoms with Gasteiger partial charge in [0.25, 0.3) is 0 Å². The van der Waals surface area contributed by atoms with Crippen LogP contribution < -0.4 is 0 Å². The molecule has 0 spiro atoms. The molecule has 0 saturated carbocycles. The SMILES string of the molecule is CCCCC1CN=C(C(C)C)C=C1C1=CC(C(C)C)N=C1. The van der Waals surface area contributed by atoms with Crippen LogP contribution in [0.2, 0.25) is 0 Å². The monoisotopic (exact) mass is 286 g/mol. The molecule has 0 saturated heterocycles. The second-order valence-electron chi connectivity index (χ2n) is 6.99. The lowest BCUT2D eigenvalue weighted by molar-refractivity contribution is 0.539. The second kappa shape index (κ2) is 7.20. The van der Waals surface area contributed by atoms with E-state index in [1.807, 2.05) is 0 Å². The number of hydrogen-bond acceptors (Lipinski definition) is 2. The molecule has 0 N–H and O–H groups in total. The number of hydrogen-bond donors (Lipinski definition) is 0. The first-order chi connectivity index (χ1) is 10.0. The van der Waals surface area contributed by atoms with Gasteiger partial charge in [-0.2, -0.15) is 0 Å². The Morgan fingerprint density at radius 1 is 1.24 bits per heavy atom. The molecule has 2 aliphatic rings. The van der Waals surface area contributed by atoms with E-state index in [2.05, 4.69) is 58.0 Å². The number of aliphatic imine (C=N–C) groups is 2. The number of unbranched alkanes of at least 4 members (excludes halogenated alkanes) is 1. The Labute approximate surface area is 130 Å². The third-order valence-corrected chi connectivity index (χ3v) is 4.49. The van der Waals surface area contributed by atoms with Crippen LogP contribution in [0.4, 0.5) is 0 Å². The van der Waals surface area contributed by atoms with E-state index in [0.29, 0.717) is 23.8 Å². The van der Waals surface area contributed by atoms with Crippen LogP contribution in [0.25, 0.3) is 0 Å². The highest BCUT2D eigenvalue weighted by molar-refractivity contribution is 6.00. The predicted molar refractivity (Wildman–Crippen MR) is 93.4 cm³/mol. The van der Waals surface area contributed by atoms with Crippen molar-refractivity contribution in [2.24, 2.45) is 27.7 Å². The van der Waals surface area contributed by atoms with Crippen molar-refractivity contribution in [3.63, 3.8) is 0 Å². The van der Waals surface area contributed by atoms with Gasteiger partial charge in [-0.1, -0.05) is 53.5 Å². The Morgan fingerprint density at radius 2 is 2.00 bits per heavy atom. The molecule has 2 heteroatoms. The van der Waals surface area contributed by atoms with Crippen molar-refractivity contribution in [3.05, 3.63) is 23.3 Å². The lowest BCUT2D eigenvalue weighted by Crippen LogP contribution is -2.20. The summed E-state index contributed by atoms with van der Waals surface area (Å²) in [6.45, 7) is 12.2. The first kappa shape index (κ1) is 16.2. The molecule has 0 bridgehead atoms. The molecule has 21 heavy (non-hydrogen) atoms. The van der Waals surface area contributed by atoms with Gasteiger partial charge in [-0.05, 0) is 35.5 Å². The maximum absolute atomic E-state index is 4.81. The van der Waals surface area contributed by atoms with Gasteiger partial charge in [0.15, 0.2) is 0 Å². The summed E-state index contributed by atoms with van der Waals surface area (Å²) in [5.74, 6) is 1.67. The molecule has 0 aliphatic carbocycles. The third-order valence-electron chi connectivity index (χ3n) is 4.49. The van der Waals surface area contributed by atoms with Crippen LogP contribution in [0.3, 0.4) is 0 Å². The molecule has 2 nitrogen and oxygen atoms in total. The molecular formula is C19H30N2. The van der Waals surface area contributed by atoms with E-state index in [1.165, 1.54) is 36.1 Å². The molecule has 0 aromatic rings. The van der Waals surface area contributed by atoms with E-state index >= 15 is 0 Å². The summed E-state index contributed by atoms with van der Waals surface area (Å²) in [5, 5.41) is 0. The highest BCUT2D eigenvalue weighted by Crippen LogP contribution is 2.31. The average molecular weight is 286 g/mol. The summed E-state index contributed by atoms with van der Waals surface area (Å²) in [6, 6.07) is 0.356. The first-order valence-corrected chi connectivity index (χ1v) is 8.54.